The van der Waals surface area contributed by atoms with Gasteiger partial charge in [0, 0.05) is 22.0 Å². The number of hydrogen-bond acceptors (Lipinski definition) is 2. The van der Waals surface area contributed by atoms with Crippen LogP contribution in [0, 0.1) is 0 Å². The molecular formula is C75H44N2O. The van der Waals surface area contributed by atoms with Crippen molar-refractivity contribution in [2.24, 2.45) is 0 Å². The lowest BCUT2D eigenvalue weighted by Gasteiger charge is -2.30. The summed E-state index contributed by atoms with van der Waals surface area (Å²) in [5.41, 5.74) is 31.1. The van der Waals surface area contributed by atoms with Gasteiger partial charge in [-0.15, -0.1) is 0 Å². The summed E-state index contributed by atoms with van der Waals surface area (Å²) in [7, 11) is 0. The van der Waals surface area contributed by atoms with Gasteiger partial charge in [-0.1, -0.05) is 194 Å². The van der Waals surface area contributed by atoms with Gasteiger partial charge < -0.3 is 8.98 Å². The van der Waals surface area contributed by atoms with E-state index in [1.807, 2.05) is 24.3 Å². The van der Waals surface area contributed by atoms with E-state index in [1.165, 1.54) is 122 Å². The van der Waals surface area contributed by atoms with Crippen LogP contribution in [-0.2, 0) is 10.8 Å². The van der Waals surface area contributed by atoms with Gasteiger partial charge in [0.25, 0.3) is 0 Å². The molecule has 0 atom stereocenters. The lowest BCUT2D eigenvalue weighted by molar-refractivity contribution is 0.620. The van der Waals surface area contributed by atoms with Crippen LogP contribution in [0.4, 0.5) is 0 Å². The van der Waals surface area contributed by atoms with Crippen molar-refractivity contribution >= 4 is 32.9 Å². The van der Waals surface area contributed by atoms with E-state index in [1.54, 1.807) is 0 Å². The topological polar surface area (TPSA) is 31.0 Å². The van der Waals surface area contributed by atoms with Gasteiger partial charge in [0.2, 0.25) is 5.89 Å². The maximum atomic E-state index is 6.24. The monoisotopic (exact) mass is 988 g/mol. The zero-order valence-corrected chi connectivity index (χ0v) is 42.2. The molecule has 0 aliphatic heterocycles. The van der Waals surface area contributed by atoms with Gasteiger partial charge in [-0.25, -0.2) is 4.98 Å². The van der Waals surface area contributed by atoms with Crippen molar-refractivity contribution in [1.82, 2.24) is 9.55 Å². The Hall–Kier alpha value is -10.1. The van der Waals surface area contributed by atoms with E-state index in [4.69, 9.17) is 9.40 Å². The van der Waals surface area contributed by atoms with Crippen molar-refractivity contribution in [3.05, 3.63) is 311 Å². The van der Waals surface area contributed by atoms with Crippen molar-refractivity contribution in [3.63, 3.8) is 0 Å². The molecule has 12 aromatic carbocycles. The summed E-state index contributed by atoms with van der Waals surface area (Å²) in [6, 6.07) is 99.7. The number of nitrogens with zero attached hydrogens (tertiary/aromatic N) is 2. The molecule has 2 spiro atoms. The molecule has 0 N–H and O–H groups in total. The van der Waals surface area contributed by atoms with Gasteiger partial charge in [0.1, 0.15) is 5.52 Å². The number of hydrogen-bond donors (Lipinski definition) is 0. The maximum absolute atomic E-state index is 6.24. The molecule has 0 saturated carbocycles. The molecule has 0 unspecified atom stereocenters. The van der Waals surface area contributed by atoms with Crippen molar-refractivity contribution in [1.29, 1.82) is 0 Å². The first-order valence-electron chi connectivity index (χ1n) is 27.1. The van der Waals surface area contributed by atoms with Crippen LogP contribution >= 0.6 is 0 Å². The van der Waals surface area contributed by atoms with Gasteiger partial charge in [0.05, 0.1) is 21.9 Å². The van der Waals surface area contributed by atoms with E-state index < -0.39 is 10.8 Å². The molecule has 4 aliphatic carbocycles. The minimum Gasteiger partial charge on any atom is -0.436 e. The Morgan fingerprint density at radius 1 is 0.282 bits per heavy atom. The second-order valence-corrected chi connectivity index (χ2v) is 21.6. The van der Waals surface area contributed by atoms with Crippen LogP contribution in [-0.4, -0.2) is 9.55 Å². The van der Waals surface area contributed by atoms with Gasteiger partial charge in [0.15, 0.2) is 5.58 Å². The third-order valence-corrected chi connectivity index (χ3v) is 18.1. The minimum atomic E-state index is -0.424. The van der Waals surface area contributed by atoms with E-state index in [0.29, 0.717) is 5.89 Å². The lowest BCUT2D eigenvalue weighted by Crippen LogP contribution is -2.25. The largest absolute Gasteiger partial charge is 0.436 e. The molecule has 18 rings (SSSR count). The van der Waals surface area contributed by atoms with Crippen molar-refractivity contribution in [2.75, 3.05) is 0 Å². The quantitative estimate of drug-likeness (QED) is 0.176. The normalized spacial score (nSPS) is 14.1. The molecule has 4 aliphatic rings. The third kappa shape index (κ3) is 5.30. The Labute approximate surface area is 450 Å². The second kappa shape index (κ2) is 15.3. The molecule has 3 nitrogen and oxygen atoms in total. The van der Waals surface area contributed by atoms with E-state index in [0.717, 1.165) is 33.4 Å². The summed E-state index contributed by atoms with van der Waals surface area (Å²) in [6.45, 7) is 0. The smallest absolute Gasteiger partial charge is 0.227 e. The number of rotatable bonds is 4. The lowest BCUT2D eigenvalue weighted by atomic mass is 9.70. The summed E-state index contributed by atoms with van der Waals surface area (Å²) < 4.78 is 8.67. The summed E-state index contributed by atoms with van der Waals surface area (Å²) in [6.07, 6.45) is 0. The minimum absolute atomic E-state index is 0.424. The summed E-state index contributed by atoms with van der Waals surface area (Å²) in [5, 5.41) is 2.40. The third-order valence-electron chi connectivity index (χ3n) is 18.1. The standard InChI is InChI=1S/C75H44N2O/c1-7-21-61-51(15-1)52-16-2-8-22-62(52)74(61)65-25-11-5-19-55(65)57-37-31-48(43-67(57)74)46-33-39-70-59(41-46)60-42-47(34-40-71(60)77(70)50-35-29-45(30-36-50)73-76-69-27-13-14-28-72(69)78-73)49-32-38-58-56-20-6-12-26-66(56)75(68(58)44-49)63-23-9-3-17-53(63)54-18-4-10-24-64(54)75/h1-44H. The number of benzene rings is 12. The molecule has 14 aromatic rings. The van der Waals surface area contributed by atoms with Crippen LogP contribution in [0.15, 0.2) is 271 Å². The molecular weight excluding hydrogens is 945 g/mol. The number of oxazole rings is 1. The highest BCUT2D eigenvalue weighted by atomic mass is 16.3. The highest BCUT2D eigenvalue weighted by Crippen LogP contribution is 2.65. The van der Waals surface area contributed by atoms with E-state index in [9.17, 15) is 0 Å². The predicted molar refractivity (Wildman–Crippen MR) is 317 cm³/mol. The average Bonchev–Trinajstić information content (AvgIpc) is 4.29. The SMILES string of the molecule is c1ccc2c(c1)-c1ccccc1C21c2ccccc2-c2ccc(-c3ccc4c(c3)c3cc(-c5ccc6c(c5)C5(c7ccccc7-c7ccccc75)c5ccccc5-6)ccc3n4-c3ccc(-c4nc5ccccc5o4)cc3)cc21. The zero-order valence-electron chi connectivity index (χ0n) is 42.2. The summed E-state index contributed by atoms with van der Waals surface area (Å²) in [5.74, 6) is 0.617. The number of fused-ring (bicyclic) bond motifs is 24. The Morgan fingerprint density at radius 2 is 0.615 bits per heavy atom. The second-order valence-electron chi connectivity index (χ2n) is 21.6. The van der Waals surface area contributed by atoms with E-state index in [2.05, 4.69) is 247 Å². The molecule has 0 bridgehead atoms. The van der Waals surface area contributed by atoms with Gasteiger partial charge in [-0.05, 0) is 184 Å². The zero-order chi connectivity index (χ0) is 50.8. The van der Waals surface area contributed by atoms with Crippen LogP contribution in [0.1, 0.15) is 44.5 Å². The van der Waals surface area contributed by atoms with Crippen molar-refractivity contribution in [3.8, 4) is 83.9 Å². The fourth-order valence-corrected chi connectivity index (χ4v) is 15.0. The van der Waals surface area contributed by atoms with Gasteiger partial charge in [-0.2, -0.15) is 0 Å². The first kappa shape index (κ1) is 42.2. The van der Waals surface area contributed by atoms with Gasteiger partial charge >= 0.3 is 0 Å². The Kier molecular flexibility index (Phi) is 8.26. The first-order chi connectivity index (χ1) is 38.7. The van der Waals surface area contributed by atoms with E-state index in [-0.39, 0.29) is 0 Å². The highest BCUT2D eigenvalue weighted by molar-refractivity contribution is 6.12. The molecule has 2 aromatic heterocycles. The van der Waals surface area contributed by atoms with Crippen LogP contribution in [0.2, 0.25) is 0 Å². The van der Waals surface area contributed by atoms with Crippen LogP contribution in [0.5, 0.6) is 0 Å². The van der Waals surface area contributed by atoms with Crippen LogP contribution < -0.4 is 0 Å². The molecule has 0 saturated heterocycles. The predicted octanol–water partition coefficient (Wildman–Crippen LogP) is 18.6. The molecule has 0 fully saturated rings. The molecule has 0 amide bonds. The molecule has 0 radical (unpaired) electrons. The summed E-state index contributed by atoms with van der Waals surface area (Å²) >= 11 is 0. The first-order valence-corrected chi connectivity index (χ1v) is 27.1. The van der Waals surface area contributed by atoms with E-state index >= 15 is 0 Å². The summed E-state index contributed by atoms with van der Waals surface area (Å²) in [4.78, 5) is 4.84. The fraction of sp³-hybridized carbons (Fsp3) is 0.0267. The van der Waals surface area contributed by atoms with Gasteiger partial charge in [-0.3, -0.25) is 0 Å². The molecule has 3 heteroatoms. The highest BCUT2D eigenvalue weighted by Gasteiger charge is 2.53. The fourth-order valence-electron chi connectivity index (χ4n) is 15.0. The van der Waals surface area contributed by atoms with Crippen molar-refractivity contribution in [2.45, 2.75) is 10.8 Å². The van der Waals surface area contributed by atoms with Crippen LogP contribution in [0.25, 0.3) is 117 Å². The van der Waals surface area contributed by atoms with Crippen molar-refractivity contribution < 1.29 is 4.42 Å². The molecule has 78 heavy (non-hydrogen) atoms. The number of para-hydroxylation sites is 2. The average molecular weight is 989 g/mol. The molecule has 360 valence electrons. The Balaban J connectivity index is 0.838. The Morgan fingerprint density at radius 3 is 1.03 bits per heavy atom. The number of aromatic nitrogens is 2. The van der Waals surface area contributed by atoms with Crippen LogP contribution in [0.3, 0.4) is 0 Å². The molecule has 2 heterocycles. The maximum Gasteiger partial charge on any atom is 0.227 e. The Bertz CT molecular complexity index is 4520.